The fourth-order valence-electron chi connectivity index (χ4n) is 2.74. The lowest BCUT2D eigenvalue weighted by Gasteiger charge is -2.09. The summed E-state index contributed by atoms with van der Waals surface area (Å²) in [5.74, 6) is 0. The Labute approximate surface area is 126 Å². The van der Waals surface area contributed by atoms with Crippen LogP contribution in [0.3, 0.4) is 0 Å². The van der Waals surface area contributed by atoms with E-state index in [0.717, 1.165) is 16.3 Å². The molecule has 6 heteroatoms. The van der Waals surface area contributed by atoms with Crippen molar-refractivity contribution in [2.24, 2.45) is 0 Å². The second-order valence-corrected chi connectivity index (χ2v) is 43.9. The van der Waals surface area contributed by atoms with Crippen molar-refractivity contribution in [3.05, 3.63) is 0 Å². The minimum absolute atomic E-state index is 0.113. The van der Waals surface area contributed by atoms with Crippen LogP contribution in [0.25, 0.3) is 0 Å². The van der Waals surface area contributed by atoms with Crippen molar-refractivity contribution in [2.45, 2.75) is 77.2 Å². The van der Waals surface area contributed by atoms with Gasteiger partial charge in [0.15, 0.2) is 0 Å². The molecule has 104 valence electrons. The van der Waals surface area contributed by atoms with Gasteiger partial charge in [-0.2, -0.15) is 0 Å². The third kappa shape index (κ3) is 10.1. The van der Waals surface area contributed by atoms with Gasteiger partial charge in [0.05, 0.1) is 0 Å². The molecule has 0 nitrogen and oxygen atoms in total. The maximum atomic E-state index is 2.31. The molecule has 1 aliphatic rings. The molecule has 1 heterocycles. The highest BCUT2D eigenvalue weighted by atomic mass is 29.9. The van der Waals surface area contributed by atoms with Gasteiger partial charge in [-0.05, 0) is 24.4 Å². The average molecular weight is 345 g/mol. The van der Waals surface area contributed by atoms with Crippen LogP contribution in [0.4, 0.5) is 0 Å². The second kappa shape index (κ2) is 13.3. The maximum Gasteiger partial charge on any atom is 0.0280 e. The van der Waals surface area contributed by atoms with Gasteiger partial charge in [0.1, 0.15) is 0 Å². The van der Waals surface area contributed by atoms with Gasteiger partial charge >= 0.3 is 0 Å². The zero-order valence-electron chi connectivity index (χ0n) is 12.4. The summed E-state index contributed by atoms with van der Waals surface area (Å²) in [5.41, 5.74) is 0. The SMILES string of the molecule is CCCCCCCCCCCC[SiH]1[SiH]=[SiH][SiH]=[SiH][SiH2]1. The third-order valence-electron chi connectivity index (χ3n) is 4.00. The highest BCUT2D eigenvalue weighted by Gasteiger charge is 2.06. The molecule has 0 aliphatic carbocycles. The largest absolute Gasteiger partial charge is 0.0654 e. The first-order chi connectivity index (χ1) is 8.93. The third-order valence-corrected chi connectivity index (χ3v) is 76.6. The minimum Gasteiger partial charge on any atom is -0.0654 e. The number of hydrogen-bond donors (Lipinski definition) is 0. The van der Waals surface area contributed by atoms with Crippen LogP contribution in [-0.4, -0.2) is 48.9 Å². The van der Waals surface area contributed by atoms with Crippen LogP contribution in [0, 0.1) is 0 Å². The smallest absolute Gasteiger partial charge is 0.0280 e. The average Bonchev–Trinajstić information content (AvgIpc) is 2.42. The molecular formula is C12H32Si6. The normalized spacial score (nSPS) is 19.7. The number of rotatable bonds is 11. The first kappa shape index (κ1) is 17.4. The van der Waals surface area contributed by atoms with Gasteiger partial charge in [0, 0.05) is 16.4 Å². The Bertz CT molecular complexity index is 241. The van der Waals surface area contributed by atoms with Crippen LogP contribution < -0.4 is 0 Å². The summed E-state index contributed by atoms with van der Waals surface area (Å²) < 4.78 is 0. The van der Waals surface area contributed by atoms with Crippen molar-refractivity contribution in [3.8, 4) is 0 Å². The summed E-state index contributed by atoms with van der Waals surface area (Å²) in [7, 11) is 5.47. The summed E-state index contributed by atoms with van der Waals surface area (Å²) in [6.07, 6.45) is 15.3. The van der Waals surface area contributed by atoms with Gasteiger partial charge in [-0.25, -0.2) is 0 Å². The van der Waals surface area contributed by atoms with Crippen LogP contribution in [0.2, 0.25) is 6.04 Å². The predicted molar refractivity (Wildman–Crippen MR) is 101 cm³/mol. The Morgan fingerprint density at radius 2 is 1.39 bits per heavy atom. The summed E-state index contributed by atoms with van der Waals surface area (Å²) in [6.45, 7) is 2.31. The van der Waals surface area contributed by atoms with Crippen LogP contribution in [-0.2, 0) is 0 Å². The molecule has 0 spiro atoms. The monoisotopic (exact) mass is 344 g/mol. The summed E-state index contributed by atoms with van der Waals surface area (Å²) in [6, 6.07) is 1.83. The number of hydrogen-bond acceptors (Lipinski definition) is 0. The number of unbranched alkanes of at least 4 members (excludes halogenated alkanes) is 9. The molecule has 1 aliphatic heterocycles. The van der Waals surface area contributed by atoms with E-state index in [1.165, 1.54) is 54.8 Å². The van der Waals surface area contributed by atoms with Crippen molar-refractivity contribution >= 4 is 48.9 Å². The molecule has 0 aromatic rings. The highest BCUT2D eigenvalue weighted by Crippen LogP contribution is 2.11. The molecule has 0 fully saturated rings. The molecule has 0 aromatic heterocycles. The van der Waals surface area contributed by atoms with Crippen molar-refractivity contribution in [2.75, 3.05) is 0 Å². The Morgan fingerprint density at radius 1 is 0.778 bits per heavy atom. The molecular weight excluding hydrogens is 313 g/mol. The van der Waals surface area contributed by atoms with Crippen LogP contribution >= 0.6 is 0 Å². The quantitative estimate of drug-likeness (QED) is 0.383. The molecule has 0 saturated carbocycles. The van der Waals surface area contributed by atoms with Crippen molar-refractivity contribution < 1.29 is 0 Å². The van der Waals surface area contributed by atoms with E-state index in [-0.39, 0.29) is 7.83 Å². The van der Waals surface area contributed by atoms with Crippen molar-refractivity contribution in [1.82, 2.24) is 0 Å². The van der Waals surface area contributed by atoms with Crippen LogP contribution in [0.1, 0.15) is 71.1 Å². The van der Waals surface area contributed by atoms with Gasteiger partial charge in [0.2, 0.25) is 0 Å². The maximum absolute atomic E-state index is 2.31. The topological polar surface area (TPSA) is 0 Å². The fourth-order valence-corrected chi connectivity index (χ4v) is 135. The van der Waals surface area contributed by atoms with Gasteiger partial charge in [-0.1, -0.05) is 85.3 Å². The van der Waals surface area contributed by atoms with E-state index >= 15 is 0 Å². The molecule has 1 atom stereocenters. The van der Waals surface area contributed by atoms with E-state index in [0.29, 0.717) is 8.55 Å². The first-order valence-electron chi connectivity index (χ1n) is 8.27. The summed E-state index contributed by atoms with van der Waals surface area (Å²) >= 11 is 0. The zero-order valence-corrected chi connectivity index (χ0v) is 19.6. The van der Waals surface area contributed by atoms with Crippen LogP contribution in [0.15, 0.2) is 0 Å². The molecule has 1 rings (SSSR count). The van der Waals surface area contributed by atoms with E-state index in [2.05, 4.69) is 6.92 Å². The van der Waals surface area contributed by atoms with Gasteiger partial charge in [-0.15, -0.1) is 0 Å². The van der Waals surface area contributed by atoms with Gasteiger partial charge < -0.3 is 0 Å². The van der Waals surface area contributed by atoms with E-state index in [1.54, 1.807) is 25.7 Å². The Balaban J connectivity index is 1.76. The first-order valence-corrected chi connectivity index (χ1v) is 26.3. The molecule has 0 radical (unpaired) electrons. The molecule has 0 N–H and O–H groups in total. The van der Waals surface area contributed by atoms with Crippen molar-refractivity contribution in [1.29, 1.82) is 0 Å². The lowest BCUT2D eigenvalue weighted by molar-refractivity contribution is 0.562. The lowest BCUT2D eigenvalue weighted by Crippen LogP contribution is -2.34. The molecule has 0 bridgehead atoms. The Hall–Kier alpha value is 1.30. The second-order valence-electron chi connectivity index (χ2n) is 5.78. The van der Waals surface area contributed by atoms with E-state index in [9.17, 15) is 0 Å². The molecule has 18 heavy (non-hydrogen) atoms. The molecule has 0 saturated heterocycles. The van der Waals surface area contributed by atoms with Gasteiger partial charge in [0.25, 0.3) is 0 Å². The summed E-state index contributed by atoms with van der Waals surface area (Å²) in [5, 5.41) is 0. The minimum atomic E-state index is 0.113. The molecule has 0 aromatic carbocycles. The van der Waals surface area contributed by atoms with E-state index in [4.69, 9.17) is 0 Å². The van der Waals surface area contributed by atoms with Gasteiger partial charge in [-0.3, -0.25) is 0 Å². The molecule has 1 unspecified atom stereocenters. The highest BCUT2D eigenvalue weighted by molar-refractivity contribution is 7.63. The fraction of sp³-hybridized carbons (Fsp3) is 1.00. The lowest BCUT2D eigenvalue weighted by atomic mass is 10.1. The van der Waals surface area contributed by atoms with Crippen LogP contribution in [0.5, 0.6) is 0 Å². The summed E-state index contributed by atoms with van der Waals surface area (Å²) in [4.78, 5) is 0. The zero-order chi connectivity index (χ0) is 12.9. The van der Waals surface area contributed by atoms with Crippen molar-refractivity contribution in [3.63, 3.8) is 0 Å². The van der Waals surface area contributed by atoms with E-state index in [1.807, 2.05) is 6.04 Å². The standard InChI is InChI=1S/C12H32Si6/c1-2-3-4-5-6-7-8-9-10-11-12-18-16-14-13-15-17-18/h13-16,18H,2-12,17H2,1H3. The Kier molecular flexibility index (Phi) is 12.8. The Morgan fingerprint density at radius 3 is 1.94 bits per heavy atom. The molecule has 0 amide bonds. The van der Waals surface area contributed by atoms with E-state index < -0.39 is 0 Å². The predicted octanol–water partition coefficient (Wildman–Crippen LogP) is 0.716.